The summed E-state index contributed by atoms with van der Waals surface area (Å²) in [6, 6.07) is 7.58. The molecule has 1 fully saturated rings. The van der Waals surface area contributed by atoms with Crippen LogP contribution in [0.25, 0.3) is 0 Å². The topological polar surface area (TPSA) is 63.4 Å². The number of nitrogens with two attached hydrogens (primary N) is 1. The fourth-order valence-electron chi connectivity index (χ4n) is 2.00. The highest BCUT2D eigenvalue weighted by Crippen LogP contribution is 2.30. The van der Waals surface area contributed by atoms with E-state index in [4.69, 9.17) is 5.73 Å². The van der Waals surface area contributed by atoms with Gasteiger partial charge in [-0.25, -0.2) is 8.42 Å². The third-order valence-corrected chi connectivity index (χ3v) is 5.99. The second kappa shape index (κ2) is 4.88. The summed E-state index contributed by atoms with van der Waals surface area (Å²) in [5, 5.41) is -0.430. The molecule has 0 aliphatic carbocycles. The molecule has 1 aromatic carbocycles. The Balaban J connectivity index is 2.35. The Hall–Kier alpha value is -0.720. The van der Waals surface area contributed by atoms with Crippen LogP contribution in [0.1, 0.15) is 6.42 Å². The lowest BCUT2D eigenvalue weighted by molar-refractivity contribution is 0.588. The van der Waals surface area contributed by atoms with Crippen molar-refractivity contribution in [1.82, 2.24) is 0 Å². The van der Waals surface area contributed by atoms with Gasteiger partial charge in [0.05, 0.1) is 10.9 Å². The van der Waals surface area contributed by atoms with Crippen molar-refractivity contribution in [1.29, 1.82) is 0 Å². The van der Waals surface area contributed by atoms with Gasteiger partial charge in [0.2, 0.25) is 10.0 Å². The van der Waals surface area contributed by atoms with Gasteiger partial charge in [0.25, 0.3) is 0 Å². The number of hydrogen-bond acceptors (Lipinski definition) is 4. The van der Waals surface area contributed by atoms with E-state index in [0.29, 0.717) is 13.0 Å². The van der Waals surface area contributed by atoms with E-state index < -0.39 is 15.3 Å². The van der Waals surface area contributed by atoms with E-state index in [2.05, 4.69) is 0 Å². The van der Waals surface area contributed by atoms with Crippen molar-refractivity contribution in [2.75, 3.05) is 23.7 Å². The van der Waals surface area contributed by atoms with Crippen LogP contribution in [-0.4, -0.2) is 33.0 Å². The second-order valence-corrected chi connectivity index (χ2v) is 6.98. The number of hydrogen-bond donors (Lipinski definition) is 1. The van der Waals surface area contributed by atoms with Crippen molar-refractivity contribution >= 4 is 27.5 Å². The highest BCUT2D eigenvalue weighted by atomic mass is 32.2. The van der Waals surface area contributed by atoms with Gasteiger partial charge in [-0.05, 0) is 30.9 Å². The SMILES string of the molecule is CSc1cccc(N2CC[C@H](CN)S2(=O)=O)c1. The monoisotopic (exact) mass is 272 g/mol. The van der Waals surface area contributed by atoms with Crippen LogP contribution >= 0.6 is 11.8 Å². The van der Waals surface area contributed by atoms with Crippen molar-refractivity contribution < 1.29 is 8.42 Å². The van der Waals surface area contributed by atoms with Crippen LogP contribution in [0.2, 0.25) is 0 Å². The summed E-state index contributed by atoms with van der Waals surface area (Å²) in [6.45, 7) is 0.725. The van der Waals surface area contributed by atoms with Crippen molar-refractivity contribution in [3.05, 3.63) is 24.3 Å². The Morgan fingerprint density at radius 2 is 2.29 bits per heavy atom. The number of thioether (sulfide) groups is 1. The maximum Gasteiger partial charge on any atom is 0.239 e. The number of benzene rings is 1. The minimum absolute atomic E-state index is 0.195. The summed E-state index contributed by atoms with van der Waals surface area (Å²) >= 11 is 1.60. The van der Waals surface area contributed by atoms with E-state index in [0.717, 1.165) is 10.6 Å². The van der Waals surface area contributed by atoms with Gasteiger partial charge >= 0.3 is 0 Å². The first kappa shape index (κ1) is 12.7. The van der Waals surface area contributed by atoms with Crippen molar-refractivity contribution in [3.63, 3.8) is 0 Å². The second-order valence-electron chi connectivity index (χ2n) is 3.96. The molecule has 1 aliphatic heterocycles. The van der Waals surface area contributed by atoms with Gasteiger partial charge in [0, 0.05) is 18.0 Å². The minimum atomic E-state index is -3.26. The Kier molecular flexibility index (Phi) is 3.65. The van der Waals surface area contributed by atoms with Gasteiger partial charge in [-0.15, -0.1) is 11.8 Å². The summed E-state index contributed by atoms with van der Waals surface area (Å²) < 4.78 is 25.8. The van der Waals surface area contributed by atoms with Gasteiger partial charge in [0.15, 0.2) is 0 Å². The third kappa shape index (κ3) is 2.29. The quantitative estimate of drug-likeness (QED) is 0.842. The summed E-state index contributed by atoms with van der Waals surface area (Å²) in [7, 11) is -3.26. The standard InChI is InChI=1S/C11H16N2O2S2/c1-16-10-4-2-3-9(7-10)13-6-5-11(8-12)17(13,14)15/h2-4,7,11H,5-6,8,12H2,1H3/t11-/m1/s1. The molecule has 1 heterocycles. The van der Waals surface area contributed by atoms with E-state index in [9.17, 15) is 8.42 Å². The Morgan fingerprint density at radius 1 is 1.53 bits per heavy atom. The lowest BCUT2D eigenvalue weighted by atomic mass is 10.3. The smallest absolute Gasteiger partial charge is 0.239 e. The Labute approximate surface area is 106 Å². The molecule has 2 rings (SSSR count). The van der Waals surface area contributed by atoms with Crippen LogP contribution in [0.3, 0.4) is 0 Å². The van der Waals surface area contributed by atoms with E-state index in [-0.39, 0.29) is 6.54 Å². The molecule has 1 aliphatic rings. The lowest BCUT2D eigenvalue weighted by Gasteiger charge is -2.19. The van der Waals surface area contributed by atoms with Crippen LogP contribution in [0.15, 0.2) is 29.2 Å². The maximum absolute atomic E-state index is 12.2. The fourth-order valence-corrected chi connectivity index (χ4v) is 4.23. The lowest BCUT2D eigenvalue weighted by Crippen LogP contribution is -2.33. The highest BCUT2D eigenvalue weighted by molar-refractivity contribution is 7.98. The molecule has 6 heteroatoms. The van der Waals surface area contributed by atoms with Gasteiger partial charge in [-0.2, -0.15) is 0 Å². The van der Waals surface area contributed by atoms with Crippen molar-refractivity contribution in [2.24, 2.45) is 5.73 Å². The van der Waals surface area contributed by atoms with Crippen LogP contribution in [0, 0.1) is 0 Å². The average Bonchev–Trinajstić information content (AvgIpc) is 2.64. The minimum Gasteiger partial charge on any atom is -0.329 e. The number of nitrogens with zero attached hydrogens (tertiary/aromatic N) is 1. The molecule has 0 radical (unpaired) electrons. The number of sulfonamides is 1. The highest BCUT2D eigenvalue weighted by Gasteiger charge is 2.37. The summed E-state index contributed by atoms with van der Waals surface area (Å²) in [4.78, 5) is 1.06. The Morgan fingerprint density at radius 3 is 2.88 bits per heavy atom. The molecule has 0 saturated carbocycles. The average molecular weight is 272 g/mol. The van der Waals surface area contributed by atoms with E-state index >= 15 is 0 Å². The first-order valence-corrected chi connectivity index (χ1v) is 8.18. The molecule has 1 aromatic rings. The molecule has 4 nitrogen and oxygen atoms in total. The largest absolute Gasteiger partial charge is 0.329 e. The molecule has 2 N–H and O–H groups in total. The Bertz CT molecular complexity index is 502. The van der Waals surface area contributed by atoms with Crippen LogP contribution in [0.4, 0.5) is 5.69 Å². The van der Waals surface area contributed by atoms with Crippen LogP contribution in [-0.2, 0) is 10.0 Å². The zero-order valence-electron chi connectivity index (χ0n) is 9.67. The van der Waals surface area contributed by atoms with Gasteiger partial charge in [-0.3, -0.25) is 4.31 Å². The summed E-state index contributed by atoms with van der Waals surface area (Å²) in [5.41, 5.74) is 6.24. The molecule has 0 aromatic heterocycles. The predicted molar refractivity (Wildman–Crippen MR) is 71.9 cm³/mol. The van der Waals surface area contributed by atoms with Gasteiger partial charge < -0.3 is 5.73 Å². The van der Waals surface area contributed by atoms with Crippen LogP contribution in [0.5, 0.6) is 0 Å². The van der Waals surface area contributed by atoms with E-state index in [1.54, 1.807) is 11.8 Å². The molecule has 0 bridgehead atoms. The molecule has 0 unspecified atom stereocenters. The molecule has 17 heavy (non-hydrogen) atoms. The maximum atomic E-state index is 12.2. The first-order valence-electron chi connectivity index (χ1n) is 5.45. The zero-order chi connectivity index (χ0) is 12.5. The van der Waals surface area contributed by atoms with Gasteiger partial charge in [-0.1, -0.05) is 6.07 Å². The third-order valence-electron chi connectivity index (χ3n) is 2.99. The van der Waals surface area contributed by atoms with Gasteiger partial charge in [0.1, 0.15) is 0 Å². The summed E-state index contributed by atoms with van der Waals surface area (Å²) in [6.07, 6.45) is 2.59. The molecule has 1 saturated heterocycles. The molecular weight excluding hydrogens is 256 g/mol. The zero-order valence-corrected chi connectivity index (χ0v) is 11.3. The van der Waals surface area contributed by atoms with E-state index in [1.165, 1.54) is 4.31 Å². The first-order chi connectivity index (χ1) is 8.09. The molecule has 1 atom stereocenters. The molecule has 0 spiro atoms. The summed E-state index contributed by atoms with van der Waals surface area (Å²) in [5.74, 6) is 0. The molecule has 94 valence electrons. The van der Waals surface area contributed by atoms with E-state index in [1.807, 2.05) is 30.5 Å². The molecular formula is C11H16N2O2S2. The van der Waals surface area contributed by atoms with Crippen molar-refractivity contribution in [3.8, 4) is 0 Å². The van der Waals surface area contributed by atoms with Crippen LogP contribution < -0.4 is 10.0 Å². The molecule has 0 amide bonds. The predicted octanol–water partition coefficient (Wildman–Crippen LogP) is 1.28. The number of rotatable bonds is 3. The normalized spacial score (nSPS) is 22.9. The van der Waals surface area contributed by atoms with Crippen molar-refractivity contribution in [2.45, 2.75) is 16.6 Å². The number of anilines is 1. The fraction of sp³-hybridized carbons (Fsp3) is 0.455.